The maximum absolute atomic E-state index is 9.26. The van der Waals surface area contributed by atoms with Crippen LogP contribution >= 0.6 is 0 Å². The Hall–Kier alpha value is -1.83. The fourth-order valence-corrected chi connectivity index (χ4v) is 4.26. The molecule has 1 aliphatic carbocycles. The molecular formula is C20H24N2O2. The first-order valence-corrected chi connectivity index (χ1v) is 8.94. The van der Waals surface area contributed by atoms with Crippen LogP contribution in [0, 0.1) is 11.3 Å². The number of hydrogen-bond acceptors (Lipinski definition) is 3. The first kappa shape index (κ1) is 15.7. The van der Waals surface area contributed by atoms with Gasteiger partial charge < -0.3 is 14.0 Å². The molecule has 0 radical (unpaired) electrons. The van der Waals surface area contributed by atoms with Crippen molar-refractivity contribution < 1.29 is 9.47 Å². The van der Waals surface area contributed by atoms with Crippen molar-refractivity contribution in [2.45, 2.75) is 57.3 Å². The number of hydrogen-bond donors (Lipinski definition) is 0. The molecular weight excluding hydrogens is 300 g/mol. The predicted molar refractivity (Wildman–Crippen MR) is 92.9 cm³/mol. The summed E-state index contributed by atoms with van der Waals surface area (Å²) in [5, 5.41) is 10.5. The fraction of sp³-hybridized carbons (Fsp3) is 0.550. The third-order valence-corrected chi connectivity index (χ3v) is 5.55. The van der Waals surface area contributed by atoms with Gasteiger partial charge in [0.2, 0.25) is 0 Å². The molecule has 1 spiro atoms. The van der Waals surface area contributed by atoms with Gasteiger partial charge in [-0.1, -0.05) is 0 Å². The molecule has 4 rings (SSSR count). The number of benzene rings is 1. The molecule has 2 aromatic rings. The van der Waals surface area contributed by atoms with Crippen molar-refractivity contribution >= 4 is 10.9 Å². The first-order chi connectivity index (χ1) is 11.6. The Bertz CT molecular complexity index is 784. The van der Waals surface area contributed by atoms with Crippen LogP contribution in [0.1, 0.15) is 62.6 Å². The van der Waals surface area contributed by atoms with Gasteiger partial charge in [-0.15, -0.1) is 0 Å². The van der Waals surface area contributed by atoms with E-state index in [1.807, 2.05) is 6.07 Å². The van der Waals surface area contributed by atoms with Gasteiger partial charge in [-0.3, -0.25) is 0 Å². The highest BCUT2D eigenvalue weighted by atomic mass is 16.7. The molecule has 1 saturated carbocycles. The lowest BCUT2D eigenvalue weighted by molar-refractivity contribution is -0.178. The molecule has 1 saturated heterocycles. The molecule has 1 aromatic carbocycles. The SMILES string of the molecule is CC(C)n1cc(C2CCC3(CC2)OCCO3)c2cc(C#N)ccc21. The van der Waals surface area contributed by atoms with Gasteiger partial charge in [-0.2, -0.15) is 5.26 Å². The van der Waals surface area contributed by atoms with Crippen LogP contribution in [-0.2, 0) is 9.47 Å². The molecule has 4 heteroatoms. The monoisotopic (exact) mass is 324 g/mol. The quantitative estimate of drug-likeness (QED) is 0.817. The first-order valence-electron chi connectivity index (χ1n) is 8.94. The zero-order valence-corrected chi connectivity index (χ0v) is 14.4. The van der Waals surface area contributed by atoms with Crippen molar-refractivity contribution in [3.8, 4) is 6.07 Å². The zero-order chi connectivity index (χ0) is 16.7. The van der Waals surface area contributed by atoms with Crippen LogP contribution in [0.25, 0.3) is 10.9 Å². The van der Waals surface area contributed by atoms with E-state index in [9.17, 15) is 5.26 Å². The summed E-state index contributed by atoms with van der Waals surface area (Å²) in [4.78, 5) is 0. The second-order valence-electron chi connectivity index (χ2n) is 7.31. The summed E-state index contributed by atoms with van der Waals surface area (Å²) in [5.74, 6) is 0.199. The van der Waals surface area contributed by atoms with E-state index in [1.165, 1.54) is 16.5 Å². The van der Waals surface area contributed by atoms with Crippen LogP contribution in [0.4, 0.5) is 0 Å². The molecule has 2 heterocycles. The van der Waals surface area contributed by atoms with Gasteiger partial charge in [0.25, 0.3) is 0 Å². The number of ether oxygens (including phenoxy) is 2. The average Bonchev–Trinajstić information content (AvgIpc) is 3.20. The highest BCUT2D eigenvalue weighted by molar-refractivity contribution is 5.86. The summed E-state index contributed by atoms with van der Waals surface area (Å²) in [7, 11) is 0. The Morgan fingerprint density at radius 2 is 1.92 bits per heavy atom. The summed E-state index contributed by atoms with van der Waals surface area (Å²) >= 11 is 0. The van der Waals surface area contributed by atoms with Crippen LogP contribution in [0.15, 0.2) is 24.4 Å². The molecule has 2 fully saturated rings. The number of aromatic nitrogens is 1. The Balaban J connectivity index is 1.70. The van der Waals surface area contributed by atoms with E-state index in [0.717, 1.165) is 44.5 Å². The summed E-state index contributed by atoms with van der Waals surface area (Å²) < 4.78 is 14.1. The number of nitrogens with zero attached hydrogens (tertiary/aromatic N) is 2. The highest BCUT2D eigenvalue weighted by Crippen LogP contribution is 2.44. The zero-order valence-electron chi connectivity index (χ0n) is 14.4. The van der Waals surface area contributed by atoms with Crippen molar-refractivity contribution in [3.05, 3.63) is 35.5 Å². The van der Waals surface area contributed by atoms with Gasteiger partial charge in [0.15, 0.2) is 5.79 Å². The molecule has 2 aliphatic rings. The maximum atomic E-state index is 9.26. The molecule has 0 atom stereocenters. The molecule has 126 valence electrons. The van der Waals surface area contributed by atoms with Gasteiger partial charge in [0.05, 0.1) is 24.8 Å². The van der Waals surface area contributed by atoms with Gasteiger partial charge in [0, 0.05) is 36.0 Å². The third-order valence-electron chi connectivity index (χ3n) is 5.55. The van der Waals surface area contributed by atoms with Crippen LogP contribution in [-0.4, -0.2) is 23.6 Å². The maximum Gasteiger partial charge on any atom is 0.168 e. The minimum absolute atomic E-state index is 0.315. The lowest BCUT2D eigenvalue weighted by Gasteiger charge is -2.35. The van der Waals surface area contributed by atoms with Gasteiger partial charge in [0.1, 0.15) is 0 Å². The smallest absolute Gasteiger partial charge is 0.168 e. The lowest BCUT2D eigenvalue weighted by atomic mass is 9.81. The van der Waals surface area contributed by atoms with Gasteiger partial charge in [-0.25, -0.2) is 0 Å². The minimum atomic E-state index is -0.315. The molecule has 0 amide bonds. The molecule has 0 unspecified atom stereocenters. The Morgan fingerprint density at radius 3 is 2.54 bits per heavy atom. The summed E-state index contributed by atoms with van der Waals surface area (Å²) in [5.41, 5.74) is 3.34. The summed E-state index contributed by atoms with van der Waals surface area (Å²) in [6, 6.07) is 8.74. The Labute approximate surface area is 143 Å². The van der Waals surface area contributed by atoms with Crippen molar-refractivity contribution in [3.63, 3.8) is 0 Å². The van der Waals surface area contributed by atoms with Crippen molar-refractivity contribution in [1.29, 1.82) is 5.26 Å². The summed E-state index contributed by atoms with van der Waals surface area (Å²) in [6.07, 6.45) is 6.38. The van der Waals surface area contributed by atoms with Crippen LogP contribution in [0.5, 0.6) is 0 Å². The fourth-order valence-electron chi connectivity index (χ4n) is 4.26. The third kappa shape index (κ3) is 2.53. The minimum Gasteiger partial charge on any atom is -0.348 e. The predicted octanol–water partition coefficient (Wildman–Crippen LogP) is 4.49. The van der Waals surface area contributed by atoms with E-state index >= 15 is 0 Å². The molecule has 4 nitrogen and oxygen atoms in total. The lowest BCUT2D eigenvalue weighted by Crippen LogP contribution is -2.34. The van der Waals surface area contributed by atoms with Gasteiger partial charge in [-0.05, 0) is 56.4 Å². The topological polar surface area (TPSA) is 47.2 Å². The largest absolute Gasteiger partial charge is 0.348 e. The second kappa shape index (κ2) is 5.91. The normalized spacial score (nSPS) is 20.9. The Morgan fingerprint density at radius 1 is 1.21 bits per heavy atom. The van der Waals surface area contributed by atoms with Gasteiger partial charge >= 0.3 is 0 Å². The number of rotatable bonds is 2. The van der Waals surface area contributed by atoms with E-state index in [0.29, 0.717) is 12.0 Å². The Kier molecular flexibility index (Phi) is 3.86. The van der Waals surface area contributed by atoms with E-state index < -0.39 is 0 Å². The summed E-state index contributed by atoms with van der Waals surface area (Å²) in [6.45, 7) is 5.86. The highest BCUT2D eigenvalue weighted by Gasteiger charge is 2.41. The van der Waals surface area contributed by atoms with E-state index in [-0.39, 0.29) is 5.79 Å². The van der Waals surface area contributed by atoms with E-state index in [2.05, 4.69) is 42.8 Å². The average molecular weight is 324 g/mol. The van der Waals surface area contributed by atoms with Crippen LogP contribution in [0.2, 0.25) is 0 Å². The molecule has 1 aromatic heterocycles. The van der Waals surface area contributed by atoms with Crippen molar-refractivity contribution in [2.24, 2.45) is 0 Å². The van der Waals surface area contributed by atoms with E-state index in [4.69, 9.17) is 9.47 Å². The molecule has 1 aliphatic heterocycles. The van der Waals surface area contributed by atoms with Crippen molar-refractivity contribution in [1.82, 2.24) is 4.57 Å². The molecule has 24 heavy (non-hydrogen) atoms. The standard InChI is InChI=1S/C20H24N2O2/c1-14(2)22-13-18(17-11-15(12-21)3-4-19(17)22)16-5-7-20(8-6-16)23-9-10-24-20/h3-4,11,13-14,16H,5-10H2,1-2H3. The van der Waals surface area contributed by atoms with Crippen LogP contribution < -0.4 is 0 Å². The second-order valence-corrected chi connectivity index (χ2v) is 7.31. The van der Waals surface area contributed by atoms with Crippen LogP contribution in [0.3, 0.4) is 0 Å². The molecule has 0 bridgehead atoms. The van der Waals surface area contributed by atoms with Crippen molar-refractivity contribution in [2.75, 3.05) is 13.2 Å². The number of fused-ring (bicyclic) bond motifs is 1. The van der Waals surface area contributed by atoms with E-state index in [1.54, 1.807) is 0 Å². The molecule has 0 N–H and O–H groups in total. The number of nitriles is 1.